The summed E-state index contributed by atoms with van der Waals surface area (Å²) in [5.74, 6) is 0. The molecule has 0 aliphatic rings. The zero-order valence-corrected chi connectivity index (χ0v) is 17.5. The van der Waals surface area contributed by atoms with E-state index >= 15 is 0 Å². The summed E-state index contributed by atoms with van der Waals surface area (Å²) in [6.45, 7) is 1.55. The van der Waals surface area contributed by atoms with Gasteiger partial charge in [0.25, 0.3) is 0 Å². The van der Waals surface area contributed by atoms with Gasteiger partial charge in [-0.1, -0.05) is 23.4 Å². The lowest BCUT2D eigenvalue weighted by molar-refractivity contribution is -0.137. The third-order valence-electron chi connectivity index (χ3n) is 4.06. The third-order valence-corrected chi connectivity index (χ3v) is 5.07. The summed E-state index contributed by atoms with van der Waals surface area (Å²) in [6.07, 6.45) is -4.43. The minimum Gasteiger partial charge on any atom is -0.391 e. The molecule has 0 bridgehead atoms. The molecule has 0 N–H and O–H groups in total. The van der Waals surface area contributed by atoms with Crippen LogP contribution in [0.1, 0.15) is 23.6 Å². The van der Waals surface area contributed by atoms with Gasteiger partial charge in [0.05, 0.1) is 17.0 Å². The molecule has 3 rings (SSSR count). The van der Waals surface area contributed by atoms with Gasteiger partial charge in [0, 0.05) is 16.2 Å². The molecule has 0 atom stereocenters. The minimum atomic E-state index is -4.43. The normalized spacial score (nSPS) is 12.3. The number of aromatic nitrogens is 4. The molecule has 7 nitrogen and oxygen atoms in total. The van der Waals surface area contributed by atoms with Crippen LogP contribution in [0.4, 0.5) is 13.2 Å². The molecule has 2 aromatic carbocycles. The van der Waals surface area contributed by atoms with Crippen molar-refractivity contribution in [3.63, 3.8) is 0 Å². The fraction of sp³-hybridized carbons (Fsp3) is 0.222. The summed E-state index contributed by atoms with van der Waals surface area (Å²) in [5.41, 5.74) is 0.551. The number of alkyl halides is 3. The first-order chi connectivity index (χ1) is 13.7. The molecule has 1 aromatic heterocycles. The Labute approximate surface area is 176 Å². The molecule has 0 radical (unpaired) electrons. The van der Waals surface area contributed by atoms with Crippen molar-refractivity contribution in [3.8, 4) is 5.69 Å². The Hall–Kier alpha value is -2.70. The second kappa shape index (κ2) is 8.35. The van der Waals surface area contributed by atoms with Crippen LogP contribution in [-0.2, 0) is 24.7 Å². The lowest BCUT2D eigenvalue weighted by Gasteiger charge is -2.10. The van der Waals surface area contributed by atoms with Gasteiger partial charge >= 0.3 is 11.9 Å². The zero-order valence-electron chi connectivity index (χ0n) is 15.3. The number of oxime groups is 1. The van der Waals surface area contributed by atoms with Gasteiger partial charge in [-0.05, 0) is 69.8 Å². The third kappa shape index (κ3) is 4.66. The van der Waals surface area contributed by atoms with Crippen molar-refractivity contribution >= 4 is 28.3 Å². The van der Waals surface area contributed by atoms with Crippen molar-refractivity contribution in [1.29, 1.82) is 0 Å². The number of halogens is 4. The van der Waals surface area contributed by atoms with Crippen LogP contribution in [0.3, 0.4) is 0 Å². The van der Waals surface area contributed by atoms with Crippen LogP contribution in [0, 0.1) is 3.57 Å². The first-order valence-electron chi connectivity index (χ1n) is 8.29. The van der Waals surface area contributed by atoms with Crippen LogP contribution in [-0.4, -0.2) is 25.5 Å². The van der Waals surface area contributed by atoms with Crippen molar-refractivity contribution in [2.24, 2.45) is 12.2 Å². The second-order valence-corrected chi connectivity index (χ2v) is 7.23. The Kier molecular flexibility index (Phi) is 6.05. The molecule has 29 heavy (non-hydrogen) atoms. The SMILES string of the molecule is CC(=NOCc1c(I)cccc1-n1nnn(C)c1=O)c1cccc(C(F)(F)F)c1. The van der Waals surface area contributed by atoms with Gasteiger partial charge in [0.15, 0.2) is 0 Å². The maximum Gasteiger partial charge on any atom is 0.416 e. The Morgan fingerprint density at radius 1 is 1.21 bits per heavy atom. The smallest absolute Gasteiger partial charge is 0.391 e. The van der Waals surface area contributed by atoms with Gasteiger partial charge in [0.2, 0.25) is 0 Å². The lowest BCUT2D eigenvalue weighted by atomic mass is 10.1. The summed E-state index contributed by atoms with van der Waals surface area (Å²) >= 11 is 2.09. The average Bonchev–Trinajstić information content (AvgIpc) is 3.01. The molecule has 0 amide bonds. The first-order valence-corrected chi connectivity index (χ1v) is 9.37. The molecule has 11 heteroatoms. The molecule has 0 saturated carbocycles. The molecule has 1 heterocycles. The topological polar surface area (TPSA) is 74.3 Å². The van der Waals surface area contributed by atoms with Crippen LogP contribution in [0.2, 0.25) is 0 Å². The Balaban J connectivity index is 1.84. The Bertz CT molecular complexity index is 1120. The summed E-state index contributed by atoms with van der Waals surface area (Å²) in [6, 6.07) is 10.1. The van der Waals surface area contributed by atoms with Crippen molar-refractivity contribution in [3.05, 3.63) is 73.2 Å². The van der Waals surface area contributed by atoms with Gasteiger partial charge in [-0.3, -0.25) is 0 Å². The van der Waals surface area contributed by atoms with E-state index in [4.69, 9.17) is 4.84 Å². The van der Waals surface area contributed by atoms with Crippen LogP contribution >= 0.6 is 22.6 Å². The highest BCUT2D eigenvalue weighted by atomic mass is 127. The number of nitrogens with zero attached hydrogens (tertiary/aromatic N) is 5. The van der Waals surface area contributed by atoms with E-state index in [-0.39, 0.29) is 6.61 Å². The van der Waals surface area contributed by atoms with Crippen molar-refractivity contribution in [2.75, 3.05) is 0 Å². The molecular weight excluding hydrogens is 502 g/mol. The molecule has 0 aliphatic carbocycles. The summed E-state index contributed by atoms with van der Waals surface area (Å²) in [7, 11) is 1.48. The number of hydrogen-bond acceptors (Lipinski definition) is 5. The highest BCUT2D eigenvalue weighted by Crippen LogP contribution is 2.29. The number of rotatable bonds is 5. The highest BCUT2D eigenvalue weighted by Gasteiger charge is 2.30. The monoisotopic (exact) mass is 517 g/mol. The van der Waals surface area contributed by atoms with Gasteiger partial charge in [-0.25, -0.2) is 4.79 Å². The predicted octanol–water partition coefficient (Wildman–Crippen LogP) is 3.53. The molecule has 0 fully saturated rings. The van der Waals surface area contributed by atoms with Gasteiger partial charge in [-0.15, -0.1) is 0 Å². The summed E-state index contributed by atoms with van der Waals surface area (Å²) in [4.78, 5) is 17.5. The van der Waals surface area contributed by atoms with E-state index < -0.39 is 17.4 Å². The van der Waals surface area contributed by atoms with Gasteiger partial charge < -0.3 is 4.84 Å². The first kappa shape index (κ1) is 21.0. The Morgan fingerprint density at radius 2 is 1.93 bits per heavy atom. The zero-order chi connectivity index (χ0) is 21.2. The number of hydrogen-bond donors (Lipinski definition) is 0. The standard InChI is InChI=1S/C18H15F3IN5O2/c1-11(12-5-3-6-13(9-12)18(19,20)21)23-29-10-14-15(22)7-4-8-16(14)27-17(28)26(2)24-25-27/h3-9H,10H2,1-2H3. The maximum absolute atomic E-state index is 12.9. The van der Waals surface area contributed by atoms with E-state index in [2.05, 4.69) is 38.2 Å². The molecule has 0 saturated heterocycles. The van der Waals surface area contributed by atoms with E-state index in [0.29, 0.717) is 22.5 Å². The second-order valence-electron chi connectivity index (χ2n) is 6.06. The van der Waals surface area contributed by atoms with Gasteiger partial charge in [0.1, 0.15) is 6.61 Å². The van der Waals surface area contributed by atoms with Crippen LogP contribution in [0.25, 0.3) is 5.69 Å². The molecule has 3 aromatic rings. The Morgan fingerprint density at radius 3 is 2.59 bits per heavy atom. The lowest BCUT2D eigenvalue weighted by Crippen LogP contribution is -2.23. The average molecular weight is 517 g/mol. The molecule has 152 valence electrons. The molecule has 0 unspecified atom stereocenters. The summed E-state index contributed by atoms with van der Waals surface area (Å²) in [5, 5.41) is 11.5. The van der Waals surface area contributed by atoms with E-state index in [9.17, 15) is 18.0 Å². The number of aryl methyl sites for hydroxylation is 1. The van der Waals surface area contributed by atoms with Crippen molar-refractivity contribution in [1.82, 2.24) is 19.8 Å². The van der Waals surface area contributed by atoms with Crippen molar-refractivity contribution < 1.29 is 18.0 Å². The van der Waals surface area contributed by atoms with E-state index in [1.807, 2.05) is 6.07 Å². The molecular formula is C18H15F3IN5O2. The van der Waals surface area contributed by atoms with Crippen LogP contribution in [0.5, 0.6) is 0 Å². The van der Waals surface area contributed by atoms with E-state index in [1.54, 1.807) is 19.1 Å². The minimum absolute atomic E-state index is 0.00619. The van der Waals surface area contributed by atoms with Crippen molar-refractivity contribution in [2.45, 2.75) is 19.7 Å². The van der Waals surface area contributed by atoms with E-state index in [0.717, 1.165) is 25.1 Å². The van der Waals surface area contributed by atoms with Crippen LogP contribution in [0.15, 0.2) is 52.4 Å². The van der Waals surface area contributed by atoms with Gasteiger partial charge in [-0.2, -0.15) is 22.5 Å². The maximum atomic E-state index is 12.9. The quantitative estimate of drug-likeness (QED) is 0.295. The largest absolute Gasteiger partial charge is 0.416 e. The molecule has 0 spiro atoms. The fourth-order valence-corrected chi connectivity index (χ4v) is 3.16. The van der Waals surface area contributed by atoms with E-state index in [1.165, 1.54) is 19.2 Å². The van der Waals surface area contributed by atoms with Crippen LogP contribution < -0.4 is 5.69 Å². The number of benzene rings is 2. The predicted molar refractivity (Wildman–Crippen MR) is 108 cm³/mol. The summed E-state index contributed by atoms with van der Waals surface area (Å²) < 4.78 is 41.7. The fourth-order valence-electron chi connectivity index (χ4n) is 2.52. The molecule has 0 aliphatic heterocycles. The highest BCUT2D eigenvalue weighted by molar-refractivity contribution is 14.1. The number of tetrazole rings is 1.